The van der Waals surface area contributed by atoms with Crippen LogP contribution in [0.25, 0.3) is 0 Å². The lowest BCUT2D eigenvalue weighted by molar-refractivity contribution is 0.0929. The van der Waals surface area contributed by atoms with Gasteiger partial charge >= 0.3 is 0 Å². The quantitative estimate of drug-likeness (QED) is 0.781. The summed E-state index contributed by atoms with van der Waals surface area (Å²) >= 11 is 0. The summed E-state index contributed by atoms with van der Waals surface area (Å²) in [6.45, 7) is 2.85. The largest absolute Gasteiger partial charge is 0.385 e. The fourth-order valence-corrected chi connectivity index (χ4v) is 1.60. The van der Waals surface area contributed by atoms with Crippen molar-refractivity contribution in [3.63, 3.8) is 0 Å². The lowest BCUT2D eigenvalue weighted by atomic mass is 10.1. The molecule has 0 bridgehead atoms. The topological polar surface area (TPSA) is 64.3 Å². The smallest absolute Gasteiger partial charge is 0.252 e. The minimum atomic E-state index is -0.120. The third-order valence-corrected chi connectivity index (χ3v) is 2.63. The normalized spacial score (nSPS) is 11.3. The second kappa shape index (κ2) is 8.30. The van der Waals surface area contributed by atoms with E-state index in [1.807, 2.05) is 25.1 Å². The van der Waals surface area contributed by atoms with E-state index in [-0.39, 0.29) is 18.5 Å². The zero-order valence-corrected chi connectivity index (χ0v) is 11.4. The van der Waals surface area contributed by atoms with Crippen molar-refractivity contribution in [3.05, 3.63) is 35.4 Å². The minimum absolute atomic E-state index is 0.0583. The van der Waals surface area contributed by atoms with E-state index in [1.54, 1.807) is 13.2 Å². The SMILES string of the molecule is COCCC(C)NC(=O)c1ccccc1C#CCN. The predicted molar refractivity (Wildman–Crippen MR) is 75.8 cm³/mol. The van der Waals surface area contributed by atoms with Gasteiger partial charge in [0, 0.05) is 25.3 Å². The molecule has 0 aliphatic rings. The summed E-state index contributed by atoms with van der Waals surface area (Å²) < 4.78 is 4.99. The van der Waals surface area contributed by atoms with Crippen LogP contribution in [0.4, 0.5) is 0 Å². The van der Waals surface area contributed by atoms with Crippen LogP contribution in [0, 0.1) is 11.8 Å². The van der Waals surface area contributed by atoms with Gasteiger partial charge in [-0.1, -0.05) is 24.0 Å². The average molecular weight is 260 g/mol. The number of amides is 1. The monoisotopic (exact) mass is 260 g/mol. The van der Waals surface area contributed by atoms with Crippen molar-refractivity contribution in [1.82, 2.24) is 5.32 Å². The van der Waals surface area contributed by atoms with Crippen LogP contribution in [0.3, 0.4) is 0 Å². The first-order chi connectivity index (χ1) is 9.19. The highest BCUT2D eigenvalue weighted by Gasteiger charge is 2.12. The molecule has 0 radical (unpaired) electrons. The first kappa shape index (κ1) is 15.2. The fraction of sp³-hybridized carbons (Fsp3) is 0.400. The zero-order chi connectivity index (χ0) is 14.1. The standard InChI is InChI=1S/C15H20N2O2/c1-12(9-11-19-2)17-15(18)14-8-4-3-6-13(14)7-5-10-16/h3-4,6,8,12H,9-11,16H2,1-2H3,(H,17,18). The maximum absolute atomic E-state index is 12.2. The van der Waals surface area contributed by atoms with E-state index in [4.69, 9.17) is 10.5 Å². The summed E-state index contributed by atoms with van der Waals surface area (Å²) in [5, 5.41) is 2.93. The maximum atomic E-state index is 12.2. The molecule has 0 saturated carbocycles. The number of hydrogen-bond donors (Lipinski definition) is 2. The van der Waals surface area contributed by atoms with Crippen LogP contribution in [0.1, 0.15) is 29.3 Å². The molecule has 0 spiro atoms. The molecule has 1 atom stereocenters. The van der Waals surface area contributed by atoms with E-state index < -0.39 is 0 Å². The molecule has 0 aromatic heterocycles. The molecule has 4 nitrogen and oxygen atoms in total. The van der Waals surface area contributed by atoms with Gasteiger partial charge in [-0.05, 0) is 25.5 Å². The van der Waals surface area contributed by atoms with E-state index >= 15 is 0 Å². The first-order valence-corrected chi connectivity index (χ1v) is 6.26. The molecule has 1 amide bonds. The third kappa shape index (κ3) is 5.12. The number of carbonyl (C=O) groups excluding carboxylic acids is 1. The Hall–Kier alpha value is -1.83. The molecule has 0 aliphatic heterocycles. The van der Waals surface area contributed by atoms with Gasteiger partial charge in [-0.2, -0.15) is 0 Å². The predicted octanol–water partition coefficient (Wildman–Crippen LogP) is 1.15. The molecule has 1 aromatic carbocycles. The van der Waals surface area contributed by atoms with Crippen LogP contribution in [-0.4, -0.2) is 32.2 Å². The van der Waals surface area contributed by atoms with Crippen LogP contribution in [0.2, 0.25) is 0 Å². The Morgan fingerprint density at radius 3 is 2.89 bits per heavy atom. The van der Waals surface area contributed by atoms with Gasteiger partial charge in [0.25, 0.3) is 5.91 Å². The van der Waals surface area contributed by atoms with Crippen LogP contribution >= 0.6 is 0 Å². The van der Waals surface area contributed by atoms with Crippen molar-refractivity contribution < 1.29 is 9.53 Å². The lowest BCUT2D eigenvalue weighted by Crippen LogP contribution is -2.33. The molecular weight excluding hydrogens is 240 g/mol. The molecule has 4 heteroatoms. The summed E-state index contributed by atoms with van der Waals surface area (Å²) in [7, 11) is 1.65. The molecular formula is C15H20N2O2. The Morgan fingerprint density at radius 1 is 1.47 bits per heavy atom. The molecule has 0 saturated heterocycles. The van der Waals surface area contributed by atoms with Gasteiger partial charge in [-0.3, -0.25) is 4.79 Å². The van der Waals surface area contributed by atoms with E-state index in [0.717, 1.165) is 6.42 Å². The first-order valence-electron chi connectivity index (χ1n) is 6.26. The van der Waals surface area contributed by atoms with Gasteiger partial charge in [0.1, 0.15) is 0 Å². The Morgan fingerprint density at radius 2 is 2.21 bits per heavy atom. The Balaban J connectivity index is 2.76. The van der Waals surface area contributed by atoms with Crippen LogP contribution in [0.15, 0.2) is 24.3 Å². The molecule has 102 valence electrons. The van der Waals surface area contributed by atoms with Crippen molar-refractivity contribution in [3.8, 4) is 11.8 Å². The fourth-order valence-electron chi connectivity index (χ4n) is 1.60. The summed E-state index contributed by atoms with van der Waals surface area (Å²) in [5.74, 6) is 5.56. The van der Waals surface area contributed by atoms with Crippen LogP contribution in [-0.2, 0) is 4.74 Å². The van der Waals surface area contributed by atoms with Crippen molar-refractivity contribution in [2.24, 2.45) is 5.73 Å². The maximum Gasteiger partial charge on any atom is 0.252 e. The number of nitrogens with one attached hydrogen (secondary N) is 1. The van der Waals surface area contributed by atoms with E-state index in [9.17, 15) is 4.79 Å². The number of benzene rings is 1. The number of hydrogen-bond acceptors (Lipinski definition) is 3. The van der Waals surface area contributed by atoms with Gasteiger partial charge in [0.2, 0.25) is 0 Å². The molecule has 19 heavy (non-hydrogen) atoms. The van der Waals surface area contributed by atoms with Gasteiger partial charge in [-0.15, -0.1) is 0 Å². The van der Waals surface area contributed by atoms with Crippen molar-refractivity contribution >= 4 is 5.91 Å². The van der Waals surface area contributed by atoms with E-state index in [0.29, 0.717) is 17.7 Å². The second-order valence-corrected chi connectivity index (χ2v) is 4.21. The Bertz CT molecular complexity index is 475. The molecule has 1 unspecified atom stereocenters. The van der Waals surface area contributed by atoms with Gasteiger partial charge in [-0.25, -0.2) is 0 Å². The number of carbonyl (C=O) groups is 1. The summed E-state index contributed by atoms with van der Waals surface area (Å²) in [4.78, 5) is 12.2. The number of methoxy groups -OCH3 is 1. The molecule has 3 N–H and O–H groups in total. The third-order valence-electron chi connectivity index (χ3n) is 2.63. The van der Waals surface area contributed by atoms with Crippen molar-refractivity contribution in [1.29, 1.82) is 0 Å². The Kier molecular flexibility index (Phi) is 6.65. The number of rotatable bonds is 5. The highest BCUT2D eigenvalue weighted by molar-refractivity contribution is 5.96. The van der Waals surface area contributed by atoms with Gasteiger partial charge in [0.05, 0.1) is 12.1 Å². The molecule has 0 heterocycles. The van der Waals surface area contributed by atoms with Crippen LogP contribution in [0.5, 0.6) is 0 Å². The number of nitrogens with two attached hydrogens (primary N) is 1. The highest BCUT2D eigenvalue weighted by Crippen LogP contribution is 2.08. The highest BCUT2D eigenvalue weighted by atomic mass is 16.5. The number of ether oxygens (including phenoxy) is 1. The molecule has 1 rings (SSSR count). The summed E-state index contributed by atoms with van der Waals surface area (Å²) in [6.07, 6.45) is 0.777. The second-order valence-electron chi connectivity index (χ2n) is 4.21. The lowest BCUT2D eigenvalue weighted by Gasteiger charge is -2.14. The van der Waals surface area contributed by atoms with Crippen molar-refractivity contribution in [2.75, 3.05) is 20.3 Å². The van der Waals surface area contributed by atoms with E-state index in [1.165, 1.54) is 0 Å². The average Bonchev–Trinajstić information content (AvgIpc) is 2.43. The summed E-state index contributed by atoms with van der Waals surface area (Å²) in [6, 6.07) is 7.31. The van der Waals surface area contributed by atoms with Gasteiger partial charge < -0.3 is 15.8 Å². The molecule has 0 aliphatic carbocycles. The van der Waals surface area contributed by atoms with E-state index in [2.05, 4.69) is 17.2 Å². The van der Waals surface area contributed by atoms with Crippen LogP contribution < -0.4 is 11.1 Å². The summed E-state index contributed by atoms with van der Waals surface area (Å²) in [5.41, 5.74) is 6.63. The van der Waals surface area contributed by atoms with Gasteiger partial charge in [0.15, 0.2) is 0 Å². The van der Waals surface area contributed by atoms with Crippen molar-refractivity contribution in [2.45, 2.75) is 19.4 Å². The minimum Gasteiger partial charge on any atom is -0.385 e. The zero-order valence-electron chi connectivity index (χ0n) is 11.4. The molecule has 0 fully saturated rings. The molecule has 1 aromatic rings. The Labute approximate surface area is 114 Å².